The third-order valence-electron chi connectivity index (χ3n) is 4.55. The summed E-state index contributed by atoms with van der Waals surface area (Å²) in [6.07, 6.45) is 8.73. The van der Waals surface area contributed by atoms with E-state index in [1.54, 1.807) is 0 Å². The van der Waals surface area contributed by atoms with Gasteiger partial charge in [0.15, 0.2) is 0 Å². The number of allylic oxidation sites excluding steroid dienone is 2. The number of ether oxygens (including phenoxy) is 1. The zero-order valence-electron chi connectivity index (χ0n) is 11.2. The highest BCUT2D eigenvalue weighted by Crippen LogP contribution is 2.51. The van der Waals surface area contributed by atoms with Crippen molar-refractivity contribution in [2.75, 3.05) is 6.61 Å². The lowest BCUT2D eigenvalue weighted by atomic mass is 9.84. The van der Waals surface area contributed by atoms with Crippen LogP contribution in [0.25, 0.3) is 0 Å². The molecule has 2 rings (SSSR count). The Morgan fingerprint density at radius 1 is 1.47 bits per heavy atom. The fourth-order valence-corrected chi connectivity index (χ4v) is 2.83. The van der Waals surface area contributed by atoms with E-state index in [0.29, 0.717) is 24.9 Å². The summed E-state index contributed by atoms with van der Waals surface area (Å²) >= 11 is 0. The van der Waals surface area contributed by atoms with Gasteiger partial charge in [-0.05, 0) is 42.4 Å². The van der Waals surface area contributed by atoms with Gasteiger partial charge in [-0.15, -0.1) is 0 Å². The van der Waals surface area contributed by atoms with Crippen LogP contribution in [-0.4, -0.2) is 12.6 Å². The first-order valence-electron chi connectivity index (χ1n) is 6.86. The Balaban J connectivity index is 1.76. The van der Waals surface area contributed by atoms with Gasteiger partial charge in [0.05, 0.1) is 13.0 Å². The molecule has 0 heterocycles. The largest absolute Gasteiger partial charge is 0.465 e. The molecule has 0 amide bonds. The molecule has 2 aliphatic rings. The summed E-state index contributed by atoms with van der Waals surface area (Å²) in [5, 5.41) is 0. The lowest BCUT2D eigenvalue weighted by molar-refractivity contribution is -0.147. The second-order valence-corrected chi connectivity index (χ2v) is 6.31. The van der Waals surface area contributed by atoms with E-state index in [2.05, 4.69) is 32.9 Å². The second-order valence-electron chi connectivity index (χ2n) is 6.31. The molecule has 0 aliphatic heterocycles. The minimum absolute atomic E-state index is 0.00954. The van der Waals surface area contributed by atoms with Crippen molar-refractivity contribution in [2.45, 2.75) is 46.5 Å². The molecule has 3 unspecified atom stereocenters. The minimum atomic E-state index is -0.00954. The van der Waals surface area contributed by atoms with Gasteiger partial charge in [-0.3, -0.25) is 4.79 Å². The molecule has 2 nitrogen and oxygen atoms in total. The van der Waals surface area contributed by atoms with E-state index in [9.17, 15) is 4.79 Å². The summed E-state index contributed by atoms with van der Waals surface area (Å²) in [4.78, 5) is 11.9. The van der Waals surface area contributed by atoms with Crippen LogP contribution in [0, 0.1) is 23.2 Å². The normalized spacial score (nSPS) is 32.1. The molecule has 0 aromatic carbocycles. The molecule has 0 saturated heterocycles. The summed E-state index contributed by atoms with van der Waals surface area (Å²) in [5.41, 5.74) is 0.156. The molecule has 2 heteroatoms. The topological polar surface area (TPSA) is 26.3 Å². The predicted octanol–water partition coefficient (Wildman–Crippen LogP) is 3.57. The molecule has 17 heavy (non-hydrogen) atoms. The highest BCUT2D eigenvalue weighted by molar-refractivity contribution is 5.71. The smallest absolute Gasteiger partial charge is 0.306 e. The van der Waals surface area contributed by atoms with Crippen LogP contribution in [0.5, 0.6) is 0 Å². The molecule has 1 saturated carbocycles. The van der Waals surface area contributed by atoms with Crippen molar-refractivity contribution < 1.29 is 9.53 Å². The number of rotatable bonds is 5. The third-order valence-corrected chi connectivity index (χ3v) is 4.55. The highest BCUT2D eigenvalue weighted by Gasteiger charge is 2.42. The summed E-state index contributed by atoms with van der Waals surface area (Å²) < 4.78 is 5.40. The molecule has 2 bridgehead atoms. The Bertz CT molecular complexity index is 319. The van der Waals surface area contributed by atoms with Gasteiger partial charge >= 0.3 is 5.97 Å². The molecule has 0 aromatic rings. The maximum atomic E-state index is 11.9. The average molecular weight is 236 g/mol. The lowest BCUT2D eigenvalue weighted by Crippen LogP contribution is -2.22. The van der Waals surface area contributed by atoms with Gasteiger partial charge in [0.25, 0.3) is 0 Å². The highest BCUT2D eigenvalue weighted by atomic mass is 16.5. The van der Waals surface area contributed by atoms with Crippen molar-refractivity contribution in [3.63, 3.8) is 0 Å². The van der Waals surface area contributed by atoms with Crippen molar-refractivity contribution in [3.8, 4) is 0 Å². The van der Waals surface area contributed by atoms with Gasteiger partial charge in [-0.2, -0.15) is 0 Å². The summed E-state index contributed by atoms with van der Waals surface area (Å²) in [6.45, 7) is 7.04. The minimum Gasteiger partial charge on any atom is -0.465 e. The number of carbonyl (C=O) groups is 1. The Hall–Kier alpha value is -0.790. The first-order valence-corrected chi connectivity index (χ1v) is 6.86. The number of esters is 1. The standard InChI is InChI=1S/C15H24O2/c1-11(2)12(3)10-17-14(16)9-15-6-4-13(8-15)5-7-15/h4,6,11-13H,5,7-10H2,1-3H3. The molecule has 1 fully saturated rings. The van der Waals surface area contributed by atoms with Gasteiger partial charge in [0, 0.05) is 0 Å². The predicted molar refractivity (Wildman–Crippen MR) is 68.5 cm³/mol. The molecule has 3 atom stereocenters. The van der Waals surface area contributed by atoms with Crippen molar-refractivity contribution in [2.24, 2.45) is 23.2 Å². The van der Waals surface area contributed by atoms with Crippen molar-refractivity contribution in [3.05, 3.63) is 12.2 Å². The molecular weight excluding hydrogens is 212 g/mol. The van der Waals surface area contributed by atoms with Gasteiger partial charge in [-0.25, -0.2) is 0 Å². The van der Waals surface area contributed by atoms with Crippen LogP contribution in [0.3, 0.4) is 0 Å². The lowest BCUT2D eigenvalue weighted by Gasteiger charge is -2.23. The summed E-state index contributed by atoms with van der Waals surface area (Å²) in [7, 11) is 0. The molecule has 0 N–H and O–H groups in total. The van der Waals surface area contributed by atoms with E-state index in [1.807, 2.05) is 0 Å². The Labute approximate surface area is 104 Å². The third kappa shape index (κ3) is 2.91. The van der Waals surface area contributed by atoms with Gasteiger partial charge < -0.3 is 4.74 Å². The molecule has 0 spiro atoms. The SMILES string of the molecule is CC(C)C(C)COC(=O)CC12C=CC(CC1)C2. The monoisotopic (exact) mass is 236 g/mol. The Kier molecular flexibility index (Phi) is 3.60. The number of carbonyl (C=O) groups excluding carboxylic acids is 1. The fraction of sp³-hybridized carbons (Fsp3) is 0.800. The van der Waals surface area contributed by atoms with Crippen LogP contribution in [0.1, 0.15) is 46.5 Å². The van der Waals surface area contributed by atoms with Crippen LogP contribution in [0.15, 0.2) is 12.2 Å². The van der Waals surface area contributed by atoms with Crippen LogP contribution in [0.2, 0.25) is 0 Å². The van der Waals surface area contributed by atoms with Gasteiger partial charge in [0.1, 0.15) is 0 Å². The molecule has 0 radical (unpaired) electrons. The van der Waals surface area contributed by atoms with Gasteiger partial charge in [-0.1, -0.05) is 32.9 Å². The first kappa shape index (κ1) is 12.7. The quantitative estimate of drug-likeness (QED) is 0.539. The maximum Gasteiger partial charge on any atom is 0.306 e. The molecular formula is C15H24O2. The first-order chi connectivity index (χ1) is 8.01. The average Bonchev–Trinajstić information content (AvgIpc) is 2.85. The Morgan fingerprint density at radius 2 is 2.24 bits per heavy atom. The number of hydrogen-bond acceptors (Lipinski definition) is 2. The molecule has 2 aliphatic carbocycles. The van der Waals surface area contributed by atoms with Crippen LogP contribution in [-0.2, 0) is 9.53 Å². The van der Waals surface area contributed by atoms with Gasteiger partial charge in [0.2, 0.25) is 0 Å². The Morgan fingerprint density at radius 3 is 2.71 bits per heavy atom. The van der Waals surface area contributed by atoms with E-state index < -0.39 is 0 Å². The van der Waals surface area contributed by atoms with Crippen LogP contribution < -0.4 is 0 Å². The molecule has 96 valence electrons. The zero-order valence-corrected chi connectivity index (χ0v) is 11.2. The maximum absolute atomic E-state index is 11.9. The van der Waals surface area contributed by atoms with Crippen molar-refractivity contribution >= 4 is 5.97 Å². The van der Waals surface area contributed by atoms with Crippen LogP contribution in [0.4, 0.5) is 0 Å². The van der Waals surface area contributed by atoms with E-state index in [0.717, 1.165) is 5.92 Å². The van der Waals surface area contributed by atoms with Crippen molar-refractivity contribution in [1.29, 1.82) is 0 Å². The van der Waals surface area contributed by atoms with E-state index >= 15 is 0 Å². The van der Waals surface area contributed by atoms with E-state index in [-0.39, 0.29) is 11.4 Å². The second kappa shape index (κ2) is 4.83. The fourth-order valence-electron chi connectivity index (χ4n) is 2.83. The summed E-state index contributed by atoms with van der Waals surface area (Å²) in [6, 6.07) is 0. The van der Waals surface area contributed by atoms with E-state index in [1.165, 1.54) is 19.3 Å². The van der Waals surface area contributed by atoms with Crippen LogP contribution >= 0.6 is 0 Å². The van der Waals surface area contributed by atoms with E-state index in [4.69, 9.17) is 4.74 Å². The molecule has 0 aromatic heterocycles. The summed E-state index contributed by atoms with van der Waals surface area (Å²) in [5.74, 6) is 1.75. The zero-order chi connectivity index (χ0) is 12.5. The van der Waals surface area contributed by atoms with Crippen molar-refractivity contribution in [1.82, 2.24) is 0 Å². The number of fused-ring (bicyclic) bond motifs is 2. The number of hydrogen-bond donors (Lipinski definition) is 0.